The molecule has 0 unspecified atom stereocenters. The van der Waals surface area contributed by atoms with Crippen LogP contribution in [0.25, 0.3) is 0 Å². The molecule has 3 aromatic rings. The minimum atomic E-state index is -0.470. The Morgan fingerprint density at radius 1 is 0.960 bits per heavy atom. The molecule has 0 spiro atoms. The SMILES string of the molecule is O=C(c1ccc([N+](=O)[O-])cc1)N1Cc2cccn2Cc2ccccc21. The van der Waals surface area contributed by atoms with Crippen LogP contribution in [0.1, 0.15) is 21.6 Å². The quantitative estimate of drug-likeness (QED) is 0.531. The topological polar surface area (TPSA) is 68.4 Å². The Balaban J connectivity index is 1.75. The second-order valence-corrected chi connectivity index (χ2v) is 5.95. The lowest BCUT2D eigenvalue weighted by atomic mass is 10.1. The van der Waals surface area contributed by atoms with Crippen LogP contribution in [0.2, 0.25) is 0 Å². The maximum atomic E-state index is 13.1. The maximum absolute atomic E-state index is 13.1. The number of rotatable bonds is 2. The number of non-ortho nitro benzene ring substituents is 1. The second-order valence-electron chi connectivity index (χ2n) is 5.95. The van der Waals surface area contributed by atoms with E-state index < -0.39 is 4.92 Å². The first kappa shape index (κ1) is 15.1. The Morgan fingerprint density at radius 3 is 2.48 bits per heavy atom. The first-order valence-corrected chi connectivity index (χ1v) is 7.92. The molecule has 2 heterocycles. The number of aromatic nitrogens is 1. The van der Waals surface area contributed by atoms with E-state index in [1.165, 1.54) is 24.3 Å². The van der Waals surface area contributed by atoms with Crippen molar-refractivity contribution in [3.8, 4) is 0 Å². The molecule has 4 rings (SSSR count). The number of nitro benzene ring substituents is 1. The van der Waals surface area contributed by atoms with Crippen LogP contribution in [0.3, 0.4) is 0 Å². The highest BCUT2D eigenvalue weighted by atomic mass is 16.6. The number of hydrogen-bond donors (Lipinski definition) is 0. The number of carbonyl (C=O) groups is 1. The number of nitro groups is 1. The predicted octanol–water partition coefficient (Wildman–Crippen LogP) is 3.61. The van der Waals surface area contributed by atoms with Crippen LogP contribution in [-0.2, 0) is 13.1 Å². The van der Waals surface area contributed by atoms with Crippen LogP contribution in [0.4, 0.5) is 11.4 Å². The van der Waals surface area contributed by atoms with Crippen molar-refractivity contribution in [2.24, 2.45) is 0 Å². The number of nitrogens with zero attached hydrogens (tertiary/aromatic N) is 3. The first-order valence-electron chi connectivity index (χ1n) is 7.92. The molecule has 1 amide bonds. The highest BCUT2D eigenvalue weighted by molar-refractivity contribution is 6.06. The van der Waals surface area contributed by atoms with E-state index in [0.717, 1.165) is 16.9 Å². The van der Waals surface area contributed by atoms with Gasteiger partial charge in [-0.05, 0) is 35.9 Å². The van der Waals surface area contributed by atoms with Crippen molar-refractivity contribution < 1.29 is 9.72 Å². The third kappa shape index (κ3) is 2.67. The Hall–Kier alpha value is -3.41. The van der Waals surface area contributed by atoms with Gasteiger partial charge in [-0.15, -0.1) is 0 Å². The molecule has 0 saturated heterocycles. The van der Waals surface area contributed by atoms with Gasteiger partial charge in [0.1, 0.15) is 0 Å². The molecule has 0 aliphatic carbocycles. The van der Waals surface area contributed by atoms with Gasteiger partial charge in [-0.1, -0.05) is 18.2 Å². The van der Waals surface area contributed by atoms with Gasteiger partial charge >= 0.3 is 0 Å². The average molecular weight is 333 g/mol. The zero-order valence-electron chi connectivity index (χ0n) is 13.3. The maximum Gasteiger partial charge on any atom is 0.269 e. The van der Waals surface area contributed by atoms with Gasteiger partial charge in [0, 0.05) is 41.8 Å². The molecule has 6 heteroatoms. The minimum Gasteiger partial charge on any atom is -0.345 e. The fourth-order valence-electron chi connectivity index (χ4n) is 3.15. The summed E-state index contributed by atoms with van der Waals surface area (Å²) in [5.41, 5.74) is 3.39. The summed E-state index contributed by atoms with van der Waals surface area (Å²) in [7, 11) is 0. The van der Waals surface area contributed by atoms with Crippen molar-refractivity contribution >= 4 is 17.3 Å². The molecular formula is C19H15N3O3. The van der Waals surface area contributed by atoms with Crippen LogP contribution < -0.4 is 4.90 Å². The number of benzene rings is 2. The van der Waals surface area contributed by atoms with Gasteiger partial charge in [-0.25, -0.2) is 0 Å². The number of anilines is 1. The molecule has 0 bridgehead atoms. The Kier molecular flexibility index (Phi) is 3.57. The monoisotopic (exact) mass is 333 g/mol. The molecule has 1 aliphatic rings. The third-order valence-electron chi connectivity index (χ3n) is 4.44. The van der Waals surface area contributed by atoms with Crippen LogP contribution >= 0.6 is 0 Å². The smallest absolute Gasteiger partial charge is 0.269 e. The Morgan fingerprint density at radius 2 is 1.72 bits per heavy atom. The normalized spacial score (nSPS) is 12.9. The highest BCUT2D eigenvalue weighted by Crippen LogP contribution is 2.29. The summed E-state index contributed by atoms with van der Waals surface area (Å²) in [6, 6.07) is 17.5. The van der Waals surface area contributed by atoms with Crippen molar-refractivity contribution in [3.05, 3.63) is 93.8 Å². The summed E-state index contributed by atoms with van der Waals surface area (Å²) in [5.74, 6) is -0.169. The molecule has 0 saturated carbocycles. The van der Waals surface area contributed by atoms with Crippen LogP contribution in [0.15, 0.2) is 66.9 Å². The molecule has 0 atom stereocenters. The van der Waals surface area contributed by atoms with Crippen LogP contribution in [0.5, 0.6) is 0 Å². The zero-order valence-corrected chi connectivity index (χ0v) is 13.3. The summed E-state index contributed by atoms with van der Waals surface area (Å²) in [5, 5.41) is 10.8. The number of hydrogen-bond acceptors (Lipinski definition) is 3. The van der Waals surface area contributed by atoms with E-state index in [1.807, 2.05) is 42.6 Å². The van der Waals surface area contributed by atoms with Crippen molar-refractivity contribution in [2.75, 3.05) is 4.90 Å². The molecule has 2 aromatic carbocycles. The summed E-state index contributed by atoms with van der Waals surface area (Å²) in [6.07, 6.45) is 2.01. The summed E-state index contributed by atoms with van der Waals surface area (Å²) >= 11 is 0. The molecule has 124 valence electrons. The number of fused-ring (bicyclic) bond motifs is 2. The van der Waals surface area contributed by atoms with E-state index in [0.29, 0.717) is 18.7 Å². The van der Waals surface area contributed by atoms with E-state index in [1.54, 1.807) is 4.90 Å². The lowest BCUT2D eigenvalue weighted by Gasteiger charge is -2.22. The molecule has 0 radical (unpaired) electrons. The van der Waals surface area contributed by atoms with E-state index in [-0.39, 0.29) is 11.6 Å². The summed E-state index contributed by atoms with van der Waals surface area (Å²) < 4.78 is 2.13. The molecule has 0 N–H and O–H groups in total. The molecular weight excluding hydrogens is 318 g/mol. The van der Waals surface area contributed by atoms with Crippen LogP contribution in [0, 0.1) is 10.1 Å². The van der Waals surface area contributed by atoms with Gasteiger partial charge in [-0.2, -0.15) is 0 Å². The molecule has 1 aliphatic heterocycles. The fraction of sp³-hybridized carbons (Fsp3) is 0.105. The first-order chi connectivity index (χ1) is 12.1. The van der Waals surface area contributed by atoms with Crippen LogP contribution in [-0.4, -0.2) is 15.4 Å². The largest absolute Gasteiger partial charge is 0.345 e. The lowest BCUT2D eigenvalue weighted by Crippen LogP contribution is -2.30. The van der Waals surface area contributed by atoms with Gasteiger partial charge < -0.3 is 9.47 Å². The van der Waals surface area contributed by atoms with Crippen molar-refractivity contribution in [1.82, 2.24) is 4.57 Å². The number of amides is 1. The van der Waals surface area contributed by atoms with E-state index in [4.69, 9.17) is 0 Å². The standard InChI is InChI=1S/C19H15N3O3/c23-19(14-7-9-16(10-8-14)22(24)25)21-13-17-5-3-11-20(17)12-15-4-1-2-6-18(15)21/h1-11H,12-13H2. The third-order valence-corrected chi connectivity index (χ3v) is 4.44. The number of para-hydroxylation sites is 1. The summed E-state index contributed by atoms with van der Waals surface area (Å²) in [6.45, 7) is 1.17. The lowest BCUT2D eigenvalue weighted by molar-refractivity contribution is -0.384. The van der Waals surface area contributed by atoms with E-state index >= 15 is 0 Å². The van der Waals surface area contributed by atoms with Gasteiger partial charge in [0.25, 0.3) is 11.6 Å². The summed E-state index contributed by atoms with van der Waals surface area (Å²) in [4.78, 5) is 25.1. The number of carbonyl (C=O) groups excluding carboxylic acids is 1. The zero-order chi connectivity index (χ0) is 17.4. The van der Waals surface area contributed by atoms with Crippen molar-refractivity contribution in [1.29, 1.82) is 0 Å². The fourth-order valence-corrected chi connectivity index (χ4v) is 3.15. The molecule has 1 aromatic heterocycles. The van der Waals surface area contributed by atoms with Gasteiger partial charge in [0.15, 0.2) is 0 Å². The van der Waals surface area contributed by atoms with Crippen molar-refractivity contribution in [2.45, 2.75) is 13.1 Å². The van der Waals surface area contributed by atoms with Gasteiger partial charge in [-0.3, -0.25) is 14.9 Å². The Labute approximate surface area is 144 Å². The van der Waals surface area contributed by atoms with E-state index in [9.17, 15) is 14.9 Å². The molecule has 6 nitrogen and oxygen atoms in total. The van der Waals surface area contributed by atoms with Crippen molar-refractivity contribution in [3.63, 3.8) is 0 Å². The second kappa shape index (κ2) is 5.90. The average Bonchev–Trinajstić information content (AvgIpc) is 3.00. The highest BCUT2D eigenvalue weighted by Gasteiger charge is 2.24. The molecule has 25 heavy (non-hydrogen) atoms. The van der Waals surface area contributed by atoms with Gasteiger partial charge in [0.05, 0.1) is 11.5 Å². The minimum absolute atomic E-state index is 0.0262. The van der Waals surface area contributed by atoms with E-state index in [2.05, 4.69) is 4.57 Å². The van der Waals surface area contributed by atoms with Gasteiger partial charge in [0.2, 0.25) is 0 Å². The predicted molar refractivity (Wildman–Crippen MR) is 93.6 cm³/mol. The molecule has 0 fully saturated rings. The Bertz CT molecular complexity index is 960.